The molecule has 168 valence electrons. The molecule has 1 aromatic carbocycles. The number of anilines is 1. The SMILES string of the molecule is CCN1CCC2(CN(c3ncccn3)CC23CCN(C(=O)c2cccc(C)c2)CC3)C1=O. The Bertz CT molecular complexity index is 1020. The monoisotopic (exact) mass is 433 g/mol. The van der Waals surface area contributed by atoms with Crippen molar-refractivity contribution in [2.24, 2.45) is 10.8 Å². The van der Waals surface area contributed by atoms with E-state index in [0.717, 1.165) is 50.0 Å². The number of hydrogen-bond donors (Lipinski definition) is 0. The molecule has 0 saturated carbocycles. The third-order valence-corrected chi connectivity index (χ3v) is 7.96. The molecule has 0 N–H and O–H groups in total. The smallest absolute Gasteiger partial charge is 0.253 e. The molecule has 32 heavy (non-hydrogen) atoms. The molecule has 2 aromatic rings. The number of nitrogens with zero attached hydrogens (tertiary/aromatic N) is 5. The predicted molar refractivity (Wildman–Crippen MR) is 122 cm³/mol. The molecule has 3 aliphatic heterocycles. The first-order valence-corrected chi connectivity index (χ1v) is 11.7. The average molecular weight is 434 g/mol. The number of rotatable bonds is 3. The number of carbonyl (C=O) groups is 2. The van der Waals surface area contributed by atoms with E-state index in [4.69, 9.17) is 0 Å². The lowest BCUT2D eigenvalue weighted by Gasteiger charge is -2.46. The van der Waals surface area contributed by atoms with E-state index < -0.39 is 5.41 Å². The van der Waals surface area contributed by atoms with Gasteiger partial charge in [0.2, 0.25) is 11.9 Å². The molecular formula is C25H31N5O2. The molecule has 2 spiro atoms. The van der Waals surface area contributed by atoms with Crippen LogP contribution in [0.3, 0.4) is 0 Å². The molecule has 0 bridgehead atoms. The Morgan fingerprint density at radius 1 is 1.03 bits per heavy atom. The molecule has 2 amide bonds. The topological polar surface area (TPSA) is 69.6 Å². The number of fused-ring (bicyclic) bond motifs is 1. The van der Waals surface area contributed by atoms with Crippen LogP contribution in [-0.2, 0) is 4.79 Å². The number of benzene rings is 1. The molecule has 3 aliphatic rings. The Labute approximate surface area is 189 Å². The molecule has 4 heterocycles. The highest BCUT2D eigenvalue weighted by Gasteiger charge is 2.65. The fourth-order valence-electron chi connectivity index (χ4n) is 6.17. The lowest BCUT2D eigenvalue weighted by atomic mass is 9.60. The molecule has 0 radical (unpaired) electrons. The van der Waals surface area contributed by atoms with Gasteiger partial charge in [-0.1, -0.05) is 17.7 Å². The second kappa shape index (κ2) is 7.87. The summed E-state index contributed by atoms with van der Waals surface area (Å²) in [5, 5.41) is 0. The lowest BCUT2D eigenvalue weighted by Crippen LogP contribution is -2.53. The van der Waals surface area contributed by atoms with Crippen LogP contribution in [0.5, 0.6) is 0 Å². The Hall–Kier alpha value is -2.96. The number of piperidine rings is 1. The summed E-state index contributed by atoms with van der Waals surface area (Å²) in [5.41, 5.74) is 1.27. The Morgan fingerprint density at radius 3 is 2.44 bits per heavy atom. The molecule has 1 aromatic heterocycles. The van der Waals surface area contributed by atoms with Crippen LogP contribution in [0, 0.1) is 17.8 Å². The van der Waals surface area contributed by atoms with E-state index in [2.05, 4.69) is 21.8 Å². The van der Waals surface area contributed by atoms with E-state index in [1.165, 1.54) is 0 Å². The van der Waals surface area contributed by atoms with Gasteiger partial charge in [0.25, 0.3) is 5.91 Å². The average Bonchev–Trinajstić information content (AvgIpc) is 3.32. The van der Waals surface area contributed by atoms with Crippen molar-refractivity contribution in [3.05, 3.63) is 53.9 Å². The van der Waals surface area contributed by atoms with Crippen LogP contribution in [0.1, 0.15) is 42.1 Å². The van der Waals surface area contributed by atoms with Gasteiger partial charge in [0.15, 0.2) is 0 Å². The van der Waals surface area contributed by atoms with Crippen molar-refractivity contribution < 1.29 is 9.59 Å². The van der Waals surface area contributed by atoms with Crippen LogP contribution < -0.4 is 4.90 Å². The molecule has 0 aliphatic carbocycles. The number of hydrogen-bond acceptors (Lipinski definition) is 5. The van der Waals surface area contributed by atoms with Crippen LogP contribution in [0.15, 0.2) is 42.7 Å². The van der Waals surface area contributed by atoms with E-state index in [1.54, 1.807) is 12.4 Å². The predicted octanol–water partition coefficient (Wildman–Crippen LogP) is 2.77. The maximum atomic E-state index is 13.7. The summed E-state index contributed by atoms with van der Waals surface area (Å²) in [5.74, 6) is 1.06. The van der Waals surface area contributed by atoms with Crippen LogP contribution in [0.4, 0.5) is 5.95 Å². The highest BCUT2D eigenvalue weighted by molar-refractivity contribution is 5.94. The second-order valence-electron chi connectivity index (χ2n) is 9.56. The second-order valence-corrected chi connectivity index (χ2v) is 9.56. The Balaban J connectivity index is 1.42. The van der Waals surface area contributed by atoms with Crippen molar-refractivity contribution in [1.29, 1.82) is 0 Å². The van der Waals surface area contributed by atoms with Crippen molar-refractivity contribution in [3.63, 3.8) is 0 Å². The fourth-order valence-corrected chi connectivity index (χ4v) is 6.17. The summed E-state index contributed by atoms with van der Waals surface area (Å²) >= 11 is 0. The van der Waals surface area contributed by atoms with Gasteiger partial charge < -0.3 is 14.7 Å². The molecule has 7 heteroatoms. The Kier molecular flexibility index (Phi) is 5.14. The summed E-state index contributed by atoms with van der Waals surface area (Å²) < 4.78 is 0. The van der Waals surface area contributed by atoms with Crippen molar-refractivity contribution in [1.82, 2.24) is 19.8 Å². The standard InChI is InChI=1S/C25H31N5O2/c1-3-28-15-10-25(22(28)32)18-30(23-26-11-5-12-27-23)17-24(25)8-13-29(14-9-24)21(31)20-7-4-6-19(2)16-20/h4-7,11-12,16H,3,8-10,13-15,17-18H2,1-2H3. The molecule has 1 atom stereocenters. The van der Waals surface area contributed by atoms with Crippen molar-refractivity contribution in [3.8, 4) is 0 Å². The molecule has 3 fully saturated rings. The van der Waals surface area contributed by atoms with Crippen LogP contribution in [0.25, 0.3) is 0 Å². The third-order valence-electron chi connectivity index (χ3n) is 7.96. The van der Waals surface area contributed by atoms with Gasteiger partial charge in [-0.2, -0.15) is 0 Å². The molecule has 3 saturated heterocycles. The van der Waals surface area contributed by atoms with Gasteiger partial charge in [0.05, 0.1) is 5.41 Å². The third kappa shape index (κ3) is 3.17. The first-order chi connectivity index (χ1) is 15.5. The molecule has 7 nitrogen and oxygen atoms in total. The van der Waals surface area contributed by atoms with Crippen molar-refractivity contribution in [2.45, 2.75) is 33.1 Å². The number of amides is 2. The van der Waals surface area contributed by atoms with Gasteiger partial charge in [0, 0.05) is 62.6 Å². The highest BCUT2D eigenvalue weighted by Crippen LogP contribution is 2.58. The zero-order chi connectivity index (χ0) is 22.3. The minimum Gasteiger partial charge on any atom is -0.342 e. The lowest BCUT2D eigenvalue weighted by molar-refractivity contribution is -0.141. The maximum absolute atomic E-state index is 13.7. The number of aromatic nitrogens is 2. The number of carbonyl (C=O) groups excluding carboxylic acids is 2. The summed E-state index contributed by atoms with van der Waals surface area (Å²) in [7, 11) is 0. The van der Waals surface area contributed by atoms with Crippen LogP contribution >= 0.6 is 0 Å². The van der Waals surface area contributed by atoms with Gasteiger partial charge in [-0.3, -0.25) is 9.59 Å². The highest BCUT2D eigenvalue weighted by atomic mass is 16.2. The summed E-state index contributed by atoms with van der Waals surface area (Å²) in [6.45, 7) is 8.41. The first kappa shape index (κ1) is 20.9. The van der Waals surface area contributed by atoms with E-state index in [1.807, 2.05) is 47.1 Å². The fraction of sp³-hybridized carbons (Fsp3) is 0.520. The minimum atomic E-state index is -0.416. The number of aryl methyl sites for hydroxylation is 1. The van der Waals surface area contributed by atoms with Gasteiger partial charge in [-0.15, -0.1) is 0 Å². The minimum absolute atomic E-state index is 0.0896. The summed E-state index contributed by atoms with van der Waals surface area (Å²) in [6.07, 6.45) is 6.05. The van der Waals surface area contributed by atoms with Crippen LogP contribution in [0.2, 0.25) is 0 Å². The quantitative estimate of drug-likeness (QED) is 0.745. The van der Waals surface area contributed by atoms with E-state index in [0.29, 0.717) is 25.6 Å². The van der Waals surface area contributed by atoms with E-state index in [-0.39, 0.29) is 17.2 Å². The van der Waals surface area contributed by atoms with Gasteiger partial charge >= 0.3 is 0 Å². The Morgan fingerprint density at radius 2 is 1.78 bits per heavy atom. The first-order valence-electron chi connectivity index (χ1n) is 11.7. The van der Waals surface area contributed by atoms with Crippen LogP contribution in [-0.4, -0.2) is 70.9 Å². The normalized spacial score (nSPS) is 24.7. The summed E-state index contributed by atoms with van der Waals surface area (Å²) in [4.78, 5) is 41.9. The maximum Gasteiger partial charge on any atom is 0.253 e. The van der Waals surface area contributed by atoms with E-state index in [9.17, 15) is 9.59 Å². The summed E-state index contributed by atoms with van der Waals surface area (Å²) in [6, 6.07) is 9.62. The zero-order valence-corrected chi connectivity index (χ0v) is 19.0. The van der Waals surface area contributed by atoms with Crippen molar-refractivity contribution in [2.75, 3.05) is 44.2 Å². The molecule has 1 unspecified atom stereocenters. The largest absolute Gasteiger partial charge is 0.342 e. The van der Waals surface area contributed by atoms with E-state index >= 15 is 0 Å². The molecule has 5 rings (SSSR count). The molecular weight excluding hydrogens is 402 g/mol. The zero-order valence-electron chi connectivity index (χ0n) is 19.0. The van der Waals surface area contributed by atoms with Gasteiger partial charge in [-0.25, -0.2) is 9.97 Å². The van der Waals surface area contributed by atoms with Crippen molar-refractivity contribution >= 4 is 17.8 Å². The number of likely N-dealkylation sites (tertiary alicyclic amines) is 2. The van der Waals surface area contributed by atoms with Gasteiger partial charge in [0.1, 0.15) is 0 Å². The van der Waals surface area contributed by atoms with Gasteiger partial charge in [-0.05, 0) is 51.3 Å².